The molecule has 5 heteroatoms. The summed E-state index contributed by atoms with van der Waals surface area (Å²) in [6.07, 6.45) is 2.19. The third-order valence-corrected chi connectivity index (χ3v) is 2.63. The number of fused-ring (bicyclic) bond motifs is 1. The minimum Gasteiger partial charge on any atom is -0.443 e. The summed E-state index contributed by atoms with van der Waals surface area (Å²) in [5.74, 6) is -0.0297. The van der Waals surface area contributed by atoms with Crippen LogP contribution in [0.4, 0.5) is 5.69 Å². The molecule has 1 aromatic carbocycles. The lowest BCUT2D eigenvalue weighted by Gasteiger charge is -2.16. The first-order valence-corrected chi connectivity index (χ1v) is 5.43. The third-order valence-electron chi connectivity index (χ3n) is 2.63. The Bertz CT molecular complexity index is 521. The average molecular weight is 234 g/mol. The van der Waals surface area contributed by atoms with Gasteiger partial charge in [0, 0.05) is 31.8 Å². The molecule has 0 aliphatic heterocycles. The molecule has 5 nitrogen and oxygen atoms in total. The molecule has 0 aliphatic carbocycles. The van der Waals surface area contributed by atoms with Crippen LogP contribution >= 0.6 is 0 Å². The molecule has 2 rings (SSSR count). The molecule has 0 atom stereocenters. The fourth-order valence-corrected chi connectivity index (χ4v) is 1.59. The SMILES string of the molecule is CN(C(=O)CCCO)c1ccc2ncoc2c1. The van der Waals surface area contributed by atoms with Crippen molar-refractivity contribution in [2.75, 3.05) is 18.6 Å². The van der Waals surface area contributed by atoms with Crippen molar-refractivity contribution < 1.29 is 14.3 Å². The molecule has 1 heterocycles. The molecule has 0 saturated heterocycles. The van der Waals surface area contributed by atoms with Crippen molar-refractivity contribution in [1.82, 2.24) is 4.98 Å². The molecule has 0 bridgehead atoms. The standard InChI is InChI=1S/C12H14N2O3/c1-14(12(16)3-2-6-15)9-4-5-10-11(7-9)17-8-13-10/h4-5,7-8,15H,2-3,6H2,1H3. The molecule has 0 radical (unpaired) electrons. The van der Waals surface area contributed by atoms with E-state index in [1.54, 1.807) is 18.0 Å². The van der Waals surface area contributed by atoms with Crippen LogP contribution in [0.5, 0.6) is 0 Å². The molecular formula is C12H14N2O3. The number of hydrogen-bond donors (Lipinski definition) is 1. The first-order chi connectivity index (χ1) is 8.22. The van der Waals surface area contributed by atoms with E-state index in [0.29, 0.717) is 18.4 Å². The van der Waals surface area contributed by atoms with Crippen molar-refractivity contribution in [2.24, 2.45) is 0 Å². The Hall–Kier alpha value is -1.88. The van der Waals surface area contributed by atoms with Crippen LogP contribution < -0.4 is 4.90 Å². The first-order valence-electron chi connectivity index (χ1n) is 5.43. The zero-order valence-corrected chi connectivity index (χ0v) is 9.59. The van der Waals surface area contributed by atoms with E-state index in [4.69, 9.17) is 9.52 Å². The number of benzene rings is 1. The number of carbonyl (C=O) groups is 1. The molecule has 2 aromatic rings. The Morgan fingerprint density at radius 3 is 3.12 bits per heavy atom. The normalized spacial score (nSPS) is 10.7. The fourth-order valence-electron chi connectivity index (χ4n) is 1.59. The van der Waals surface area contributed by atoms with Crippen LogP contribution in [0, 0.1) is 0 Å². The Labute approximate surface area is 98.7 Å². The minimum absolute atomic E-state index is 0.0285. The van der Waals surface area contributed by atoms with Crippen molar-refractivity contribution >= 4 is 22.7 Å². The van der Waals surface area contributed by atoms with E-state index in [2.05, 4.69) is 4.98 Å². The number of rotatable bonds is 4. The molecule has 0 unspecified atom stereocenters. The van der Waals surface area contributed by atoms with Crippen molar-refractivity contribution in [3.8, 4) is 0 Å². The lowest BCUT2D eigenvalue weighted by atomic mass is 10.2. The average Bonchev–Trinajstić information content (AvgIpc) is 2.81. The van der Waals surface area contributed by atoms with E-state index in [1.807, 2.05) is 12.1 Å². The van der Waals surface area contributed by atoms with Gasteiger partial charge >= 0.3 is 0 Å². The highest BCUT2D eigenvalue weighted by atomic mass is 16.3. The first kappa shape index (κ1) is 11.6. The number of aromatic nitrogens is 1. The van der Waals surface area contributed by atoms with E-state index in [1.165, 1.54) is 6.39 Å². The van der Waals surface area contributed by atoms with Gasteiger partial charge in [0.15, 0.2) is 12.0 Å². The molecule has 1 amide bonds. The van der Waals surface area contributed by atoms with E-state index in [9.17, 15) is 4.79 Å². The van der Waals surface area contributed by atoms with Gasteiger partial charge in [0.25, 0.3) is 0 Å². The Kier molecular flexibility index (Phi) is 3.39. The van der Waals surface area contributed by atoms with Gasteiger partial charge in [-0.05, 0) is 18.6 Å². The van der Waals surface area contributed by atoms with Gasteiger partial charge in [0.1, 0.15) is 5.52 Å². The lowest BCUT2D eigenvalue weighted by Crippen LogP contribution is -2.25. The van der Waals surface area contributed by atoms with Gasteiger partial charge in [0.05, 0.1) is 0 Å². The Balaban J connectivity index is 2.17. The molecule has 1 aromatic heterocycles. The second-order valence-corrected chi connectivity index (χ2v) is 3.78. The van der Waals surface area contributed by atoms with Crippen LogP contribution in [0.15, 0.2) is 29.0 Å². The highest BCUT2D eigenvalue weighted by Crippen LogP contribution is 2.21. The van der Waals surface area contributed by atoms with Crippen LogP contribution in [0.1, 0.15) is 12.8 Å². The van der Waals surface area contributed by atoms with Gasteiger partial charge in [0.2, 0.25) is 5.91 Å². The van der Waals surface area contributed by atoms with Crippen LogP contribution in [0.25, 0.3) is 11.1 Å². The highest BCUT2D eigenvalue weighted by Gasteiger charge is 2.11. The molecule has 0 aliphatic rings. The molecule has 17 heavy (non-hydrogen) atoms. The van der Waals surface area contributed by atoms with Gasteiger partial charge in [-0.3, -0.25) is 4.79 Å². The van der Waals surface area contributed by atoms with E-state index in [0.717, 1.165) is 11.2 Å². The molecule has 90 valence electrons. The maximum Gasteiger partial charge on any atom is 0.226 e. The number of carbonyl (C=O) groups excluding carboxylic acids is 1. The molecule has 0 saturated carbocycles. The molecule has 0 fully saturated rings. The number of amides is 1. The van der Waals surface area contributed by atoms with Gasteiger partial charge in [-0.1, -0.05) is 0 Å². The molecular weight excluding hydrogens is 220 g/mol. The monoisotopic (exact) mass is 234 g/mol. The fraction of sp³-hybridized carbons (Fsp3) is 0.333. The summed E-state index contributed by atoms with van der Waals surface area (Å²) in [5.41, 5.74) is 2.19. The largest absolute Gasteiger partial charge is 0.443 e. The summed E-state index contributed by atoms with van der Waals surface area (Å²) < 4.78 is 5.18. The smallest absolute Gasteiger partial charge is 0.226 e. The number of anilines is 1. The zero-order chi connectivity index (χ0) is 12.3. The predicted molar refractivity (Wildman–Crippen MR) is 63.7 cm³/mol. The topological polar surface area (TPSA) is 66.6 Å². The van der Waals surface area contributed by atoms with Crippen LogP contribution in [0.3, 0.4) is 0 Å². The van der Waals surface area contributed by atoms with Crippen LogP contribution in [-0.2, 0) is 4.79 Å². The second kappa shape index (κ2) is 4.97. The van der Waals surface area contributed by atoms with Gasteiger partial charge in [-0.2, -0.15) is 0 Å². The summed E-state index contributed by atoms with van der Waals surface area (Å²) in [4.78, 5) is 17.3. The maximum atomic E-state index is 11.7. The van der Waals surface area contributed by atoms with Crippen molar-refractivity contribution in [3.63, 3.8) is 0 Å². The predicted octanol–water partition coefficient (Wildman–Crippen LogP) is 1.56. The third kappa shape index (κ3) is 2.45. The summed E-state index contributed by atoms with van der Waals surface area (Å²) in [6, 6.07) is 5.41. The number of hydrogen-bond acceptors (Lipinski definition) is 4. The Morgan fingerprint density at radius 1 is 1.53 bits per heavy atom. The number of aliphatic hydroxyl groups excluding tert-OH is 1. The van der Waals surface area contributed by atoms with E-state index < -0.39 is 0 Å². The molecule has 1 N–H and O–H groups in total. The number of aliphatic hydroxyl groups is 1. The van der Waals surface area contributed by atoms with E-state index >= 15 is 0 Å². The van der Waals surface area contributed by atoms with Crippen molar-refractivity contribution in [3.05, 3.63) is 24.6 Å². The summed E-state index contributed by atoms with van der Waals surface area (Å²) >= 11 is 0. The summed E-state index contributed by atoms with van der Waals surface area (Å²) in [5, 5.41) is 8.69. The molecule has 0 spiro atoms. The lowest BCUT2D eigenvalue weighted by molar-refractivity contribution is -0.118. The van der Waals surface area contributed by atoms with Crippen molar-refractivity contribution in [1.29, 1.82) is 0 Å². The summed E-state index contributed by atoms with van der Waals surface area (Å²) in [7, 11) is 1.71. The second-order valence-electron chi connectivity index (χ2n) is 3.78. The minimum atomic E-state index is -0.0297. The Morgan fingerprint density at radius 2 is 2.35 bits per heavy atom. The zero-order valence-electron chi connectivity index (χ0n) is 9.59. The quantitative estimate of drug-likeness (QED) is 0.871. The maximum absolute atomic E-state index is 11.7. The van der Waals surface area contributed by atoms with Gasteiger partial charge < -0.3 is 14.4 Å². The number of oxazole rings is 1. The number of nitrogens with zero attached hydrogens (tertiary/aromatic N) is 2. The highest BCUT2D eigenvalue weighted by molar-refractivity contribution is 5.94. The summed E-state index contributed by atoms with van der Waals surface area (Å²) in [6.45, 7) is 0.0285. The van der Waals surface area contributed by atoms with Crippen LogP contribution in [0.2, 0.25) is 0 Å². The van der Waals surface area contributed by atoms with Gasteiger partial charge in [-0.15, -0.1) is 0 Å². The van der Waals surface area contributed by atoms with Crippen LogP contribution in [-0.4, -0.2) is 29.7 Å². The van der Waals surface area contributed by atoms with Crippen molar-refractivity contribution in [2.45, 2.75) is 12.8 Å². The van der Waals surface area contributed by atoms with Gasteiger partial charge in [-0.25, -0.2) is 4.98 Å². The van der Waals surface area contributed by atoms with E-state index in [-0.39, 0.29) is 12.5 Å².